The van der Waals surface area contributed by atoms with Gasteiger partial charge in [-0.3, -0.25) is 9.69 Å². The molecule has 0 aromatic heterocycles. The molecule has 3 fully saturated rings. The first-order chi connectivity index (χ1) is 15.9. The molecule has 0 radical (unpaired) electrons. The van der Waals surface area contributed by atoms with Gasteiger partial charge in [0.2, 0.25) is 5.91 Å². The Morgan fingerprint density at radius 2 is 1.94 bits per heavy atom. The summed E-state index contributed by atoms with van der Waals surface area (Å²) in [6.07, 6.45) is 14.2. The fourth-order valence-corrected chi connectivity index (χ4v) is 6.16. The Balaban J connectivity index is 1.02. The highest BCUT2D eigenvalue weighted by atomic mass is 16.2. The van der Waals surface area contributed by atoms with E-state index in [9.17, 15) is 9.59 Å². The van der Waals surface area contributed by atoms with Crippen molar-refractivity contribution in [2.45, 2.75) is 58.4 Å². The fraction of sp³-hybridized carbons (Fsp3) is 0.692. The summed E-state index contributed by atoms with van der Waals surface area (Å²) in [7, 11) is 0. The van der Waals surface area contributed by atoms with E-state index in [1.165, 1.54) is 6.42 Å². The van der Waals surface area contributed by atoms with Gasteiger partial charge < -0.3 is 20.4 Å². The first-order valence-electron chi connectivity index (χ1n) is 12.8. The zero-order valence-corrected chi connectivity index (χ0v) is 20.2. The molecule has 33 heavy (non-hydrogen) atoms. The van der Waals surface area contributed by atoms with E-state index < -0.39 is 0 Å². The largest absolute Gasteiger partial charge is 0.367 e. The van der Waals surface area contributed by atoms with E-state index in [2.05, 4.69) is 34.3 Å². The maximum Gasteiger partial charge on any atom is 0.321 e. The number of carbonyl (C=O) groups is 2. The van der Waals surface area contributed by atoms with Gasteiger partial charge in [-0.05, 0) is 93.5 Å². The lowest BCUT2D eigenvalue weighted by molar-refractivity contribution is -0.134. The lowest BCUT2D eigenvalue weighted by Gasteiger charge is -2.37. The predicted octanol–water partition coefficient (Wildman–Crippen LogP) is 3.04. The monoisotopic (exact) mass is 453 g/mol. The molecule has 0 bridgehead atoms. The average molecular weight is 454 g/mol. The number of hydrogen-bond acceptors (Lipinski definition) is 4. The molecular formula is C26H39N5O2. The Kier molecular flexibility index (Phi) is 6.25. The second-order valence-electron chi connectivity index (χ2n) is 11.0. The number of piperidine rings is 2. The van der Waals surface area contributed by atoms with Crippen LogP contribution in [0.1, 0.15) is 52.4 Å². The molecule has 4 heterocycles. The Morgan fingerprint density at radius 1 is 1.18 bits per heavy atom. The molecule has 3 amide bonds. The van der Waals surface area contributed by atoms with Crippen LogP contribution in [0.2, 0.25) is 0 Å². The third kappa shape index (κ3) is 4.84. The summed E-state index contributed by atoms with van der Waals surface area (Å²) in [6, 6.07) is 0.601. The van der Waals surface area contributed by atoms with Crippen molar-refractivity contribution in [2.75, 3.05) is 39.3 Å². The van der Waals surface area contributed by atoms with Gasteiger partial charge in [-0.15, -0.1) is 0 Å². The molecule has 1 saturated carbocycles. The number of rotatable bonds is 5. The van der Waals surface area contributed by atoms with Crippen LogP contribution in [0.3, 0.4) is 0 Å². The molecule has 2 N–H and O–H groups in total. The number of carbonyl (C=O) groups excluding carboxylic acids is 2. The van der Waals surface area contributed by atoms with Crippen LogP contribution in [0.5, 0.6) is 0 Å². The maximum absolute atomic E-state index is 12.9. The van der Waals surface area contributed by atoms with Gasteiger partial charge in [0.05, 0.1) is 6.54 Å². The highest BCUT2D eigenvalue weighted by Crippen LogP contribution is 2.59. The van der Waals surface area contributed by atoms with E-state index >= 15 is 0 Å². The molecule has 1 atom stereocenters. The molecule has 1 aliphatic carbocycles. The molecule has 7 heteroatoms. The summed E-state index contributed by atoms with van der Waals surface area (Å²) < 4.78 is 0. The van der Waals surface area contributed by atoms with Crippen LogP contribution in [0.25, 0.3) is 0 Å². The Hall–Kier alpha value is -2.28. The average Bonchev–Trinajstić information content (AvgIpc) is 3.29. The number of allylic oxidation sites excluding steroid dienone is 1. The summed E-state index contributed by atoms with van der Waals surface area (Å²) >= 11 is 0. The number of nitrogens with one attached hydrogen (secondary N) is 2. The summed E-state index contributed by atoms with van der Waals surface area (Å²) in [5.74, 6) is 1.47. The molecule has 0 aromatic rings. The highest BCUT2D eigenvalue weighted by Gasteiger charge is 2.54. The maximum atomic E-state index is 12.9. The number of likely N-dealkylation sites (tertiary alicyclic amines) is 2. The Morgan fingerprint density at radius 3 is 2.64 bits per heavy atom. The van der Waals surface area contributed by atoms with Crippen LogP contribution in [0.4, 0.5) is 4.79 Å². The van der Waals surface area contributed by atoms with E-state index in [-0.39, 0.29) is 6.03 Å². The van der Waals surface area contributed by atoms with E-state index in [0.717, 1.165) is 76.0 Å². The van der Waals surface area contributed by atoms with Crippen LogP contribution in [0.15, 0.2) is 35.8 Å². The van der Waals surface area contributed by atoms with E-state index in [4.69, 9.17) is 0 Å². The molecule has 0 aromatic carbocycles. The second kappa shape index (κ2) is 9.16. The molecule has 5 rings (SSSR count). The van der Waals surface area contributed by atoms with Crippen molar-refractivity contribution in [3.8, 4) is 0 Å². The van der Waals surface area contributed by atoms with Gasteiger partial charge in [-0.1, -0.05) is 0 Å². The fourth-order valence-electron chi connectivity index (χ4n) is 6.16. The van der Waals surface area contributed by atoms with Gasteiger partial charge in [0.25, 0.3) is 0 Å². The molecular weight excluding hydrogens is 414 g/mol. The van der Waals surface area contributed by atoms with Crippen molar-refractivity contribution in [2.24, 2.45) is 17.3 Å². The van der Waals surface area contributed by atoms with Gasteiger partial charge in [0, 0.05) is 50.7 Å². The van der Waals surface area contributed by atoms with Gasteiger partial charge in [0.15, 0.2) is 0 Å². The topological polar surface area (TPSA) is 67.9 Å². The second-order valence-corrected chi connectivity index (χ2v) is 11.0. The standard InChI is InChI=1S/C26H39N5O2/c1-19(2)29-9-4-20(5-10-29)13-24(32)30-11-6-26(7-12-30)14-23(26)16-28-25(33)31-17-21-3-8-27-15-22(21)18-31/h3,8,15,17,19-20,23,27H,4-7,9-14,16,18H2,1-2H3,(H,28,33). The van der Waals surface area contributed by atoms with Crippen LogP contribution >= 0.6 is 0 Å². The van der Waals surface area contributed by atoms with Crippen LogP contribution in [0, 0.1) is 17.3 Å². The quantitative estimate of drug-likeness (QED) is 0.672. The molecule has 2 saturated heterocycles. The molecule has 1 spiro atoms. The number of amides is 3. The van der Waals surface area contributed by atoms with E-state index in [1.54, 1.807) is 4.90 Å². The van der Waals surface area contributed by atoms with Gasteiger partial charge in [0.1, 0.15) is 0 Å². The van der Waals surface area contributed by atoms with Crippen molar-refractivity contribution in [1.29, 1.82) is 0 Å². The zero-order chi connectivity index (χ0) is 23.0. The lowest BCUT2D eigenvalue weighted by atomic mass is 9.89. The Labute approximate surface area is 197 Å². The highest BCUT2D eigenvalue weighted by molar-refractivity contribution is 5.78. The summed E-state index contributed by atoms with van der Waals surface area (Å²) in [5.41, 5.74) is 2.60. The van der Waals surface area contributed by atoms with Gasteiger partial charge in [-0.2, -0.15) is 0 Å². The number of nitrogens with zero attached hydrogens (tertiary/aromatic N) is 3. The van der Waals surface area contributed by atoms with Crippen LogP contribution in [-0.2, 0) is 4.79 Å². The molecule has 7 nitrogen and oxygen atoms in total. The molecule has 1 unspecified atom stereocenters. The minimum atomic E-state index is -0.00984. The van der Waals surface area contributed by atoms with Crippen molar-refractivity contribution in [1.82, 2.24) is 25.3 Å². The first kappa shape index (κ1) is 22.5. The van der Waals surface area contributed by atoms with Crippen molar-refractivity contribution < 1.29 is 9.59 Å². The number of fused-ring (bicyclic) bond motifs is 1. The normalized spacial score (nSPS) is 26.7. The van der Waals surface area contributed by atoms with Gasteiger partial charge in [-0.25, -0.2) is 4.79 Å². The van der Waals surface area contributed by atoms with Crippen LogP contribution < -0.4 is 10.6 Å². The molecule has 4 aliphatic heterocycles. The predicted molar refractivity (Wildman–Crippen MR) is 129 cm³/mol. The minimum Gasteiger partial charge on any atom is -0.367 e. The van der Waals surface area contributed by atoms with Crippen molar-refractivity contribution in [3.05, 3.63) is 35.8 Å². The first-order valence-corrected chi connectivity index (χ1v) is 12.8. The summed E-state index contributed by atoms with van der Waals surface area (Å²) in [5, 5.41) is 6.24. The van der Waals surface area contributed by atoms with E-state index in [0.29, 0.717) is 35.7 Å². The number of urea groups is 1. The van der Waals surface area contributed by atoms with Crippen molar-refractivity contribution >= 4 is 11.9 Å². The minimum absolute atomic E-state index is 0.00984. The van der Waals surface area contributed by atoms with Crippen LogP contribution in [-0.4, -0.2) is 71.9 Å². The smallest absolute Gasteiger partial charge is 0.321 e. The third-order valence-corrected chi connectivity index (χ3v) is 8.70. The third-order valence-electron chi connectivity index (χ3n) is 8.70. The zero-order valence-electron chi connectivity index (χ0n) is 20.2. The molecule has 180 valence electrons. The lowest BCUT2D eigenvalue weighted by Crippen LogP contribution is -2.43. The number of hydrogen-bond donors (Lipinski definition) is 2. The van der Waals surface area contributed by atoms with Crippen molar-refractivity contribution in [3.63, 3.8) is 0 Å². The number of dihydropyridines is 1. The van der Waals surface area contributed by atoms with E-state index in [1.807, 2.05) is 24.7 Å². The SMILES string of the molecule is CC(C)N1CCC(CC(=O)N2CCC3(CC2)CC3CNC(=O)N2C=C3C=CNC=C3C2)CC1. The Bertz CT molecular complexity index is 860. The molecule has 5 aliphatic rings. The summed E-state index contributed by atoms with van der Waals surface area (Å²) in [4.78, 5) is 31.9. The van der Waals surface area contributed by atoms with Gasteiger partial charge >= 0.3 is 6.03 Å². The summed E-state index contributed by atoms with van der Waals surface area (Å²) in [6.45, 7) is 9.93.